The first-order valence-electron chi connectivity index (χ1n) is 6.33. The molecular formula is C14H20N3O. The Morgan fingerprint density at radius 1 is 1.44 bits per heavy atom. The molecule has 1 radical (unpaired) electrons. The Kier molecular flexibility index (Phi) is 3.99. The second kappa shape index (κ2) is 5.50. The van der Waals surface area contributed by atoms with Crippen LogP contribution in [0.2, 0.25) is 0 Å². The second-order valence-corrected chi connectivity index (χ2v) is 5.04. The summed E-state index contributed by atoms with van der Waals surface area (Å²) in [6, 6.07) is 10.2. The summed E-state index contributed by atoms with van der Waals surface area (Å²) >= 11 is 0. The van der Waals surface area contributed by atoms with Crippen molar-refractivity contribution in [3.63, 3.8) is 0 Å². The Morgan fingerprint density at radius 3 is 2.72 bits per heavy atom. The molecule has 0 unspecified atom stereocenters. The number of amides is 1. The normalized spacial score (nSPS) is 23.4. The Balaban J connectivity index is 1.98. The first-order valence-corrected chi connectivity index (χ1v) is 6.33. The Hall–Kier alpha value is -1.39. The second-order valence-electron chi connectivity index (χ2n) is 5.04. The molecule has 2 rings (SSSR count). The number of hydrogen-bond donors (Lipinski definition) is 1. The van der Waals surface area contributed by atoms with E-state index in [-0.39, 0.29) is 5.91 Å². The summed E-state index contributed by atoms with van der Waals surface area (Å²) in [5.41, 5.74) is 6.09. The Bertz CT molecular complexity index is 399. The molecule has 1 fully saturated rings. The van der Waals surface area contributed by atoms with Crippen molar-refractivity contribution in [3.05, 3.63) is 35.9 Å². The minimum absolute atomic E-state index is 0.292. The average Bonchev–Trinajstić information content (AvgIpc) is 2.80. The van der Waals surface area contributed by atoms with Gasteiger partial charge in [-0.05, 0) is 25.5 Å². The van der Waals surface area contributed by atoms with E-state index in [1.54, 1.807) is 0 Å². The molecule has 1 aromatic carbocycles. The zero-order chi connectivity index (χ0) is 13.0. The summed E-state index contributed by atoms with van der Waals surface area (Å²) in [5, 5.41) is 4.43. The van der Waals surface area contributed by atoms with E-state index < -0.39 is 5.54 Å². The number of primary amides is 1. The third-order valence-electron chi connectivity index (χ3n) is 3.45. The lowest BCUT2D eigenvalue weighted by atomic mass is 9.96. The minimum atomic E-state index is -0.663. The number of carbonyl (C=O) groups is 1. The van der Waals surface area contributed by atoms with Crippen molar-refractivity contribution in [2.75, 3.05) is 20.1 Å². The zero-order valence-electron chi connectivity index (χ0n) is 10.8. The van der Waals surface area contributed by atoms with Gasteiger partial charge in [0, 0.05) is 19.6 Å². The van der Waals surface area contributed by atoms with Gasteiger partial charge in [-0.25, -0.2) is 5.32 Å². The van der Waals surface area contributed by atoms with Crippen molar-refractivity contribution < 1.29 is 4.79 Å². The molecule has 97 valence electrons. The van der Waals surface area contributed by atoms with Crippen LogP contribution in [-0.4, -0.2) is 36.5 Å². The molecule has 0 saturated carbocycles. The maximum absolute atomic E-state index is 11.6. The molecule has 1 aliphatic heterocycles. The molecule has 0 aromatic heterocycles. The molecule has 1 atom stereocenters. The lowest BCUT2D eigenvalue weighted by Gasteiger charge is -2.29. The van der Waals surface area contributed by atoms with Gasteiger partial charge in [0.25, 0.3) is 0 Å². The predicted octanol–water partition coefficient (Wildman–Crippen LogP) is 0.741. The maximum atomic E-state index is 11.6. The van der Waals surface area contributed by atoms with Crippen LogP contribution in [0.25, 0.3) is 0 Å². The predicted molar refractivity (Wildman–Crippen MR) is 70.9 cm³/mol. The highest BCUT2D eigenvalue weighted by atomic mass is 16.1. The molecule has 1 aromatic rings. The summed E-state index contributed by atoms with van der Waals surface area (Å²) in [7, 11) is 2.01. The van der Waals surface area contributed by atoms with E-state index in [0.717, 1.165) is 25.9 Å². The van der Waals surface area contributed by atoms with Crippen LogP contribution in [0, 0.1) is 0 Å². The highest BCUT2D eigenvalue weighted by molar-refractivity contribution is 5.85. The van der Waals surface area contributed by atoms with Gasteiger partial charge in [0.15, 0.2) is 0 Å². The molecule has 4 nitrogen and oxygen atoms in total. The summed E-state index contributed by atoms with van der Waals surface area (Å²) in [5.74, 6) is -0.292. The molecule has 18 heavy (non-hydrogen) atoms. The molecule has 0 spiro atoms. The van der Waals surface area contributed by atoms with Crippen molar-refractivity contribution in [2.24, 2.45) is 5.73 Å². The van der Waals surface area contributed by atoms with Crippen LogP contribution in [0.1, 0.15) is 18.4 Å². The molecule has 1 amide bonds. The van der Waals surface area contributed by atoms with Crippen molar-refractivity contribution in [3.8, 4) is 0 Å². The number of nitrogens with two attached hydrogens (primary N) is 1. The average molecular weight is 246 g/mol. The fourth-order valence-electron chi connectivity index (χ4n) is 2.55. The van der Waals surface area contributed by atoms with Crippen LogP contribution in [0.4, 0.5) is 0 Å². The van der Waals surface area contributed by atoms with Gasteiger partial charge in [-0.2, -0.15) is 0 Å². The van der Waals surface area contributed by atoms with Crippen molar-refractivity contribution >= 4 is 5.91 Å². The monoisotopic (exact) mass is 246 g/mol. The third-order valence-corrected chi connectivity index (χ3v) is 3.45. The lowest BCUT2D eigenvalue weighted by Crippen LogP contribution is -2.54. The number of hydrogen-bond acceptors (Lipinski definition) is 2. The maximum Gasteiger partial charge on any atom is 0.240 e. The van der Waals surface area contributed by atoms with Crippen molar-refractivity contribution in [1.82, 2.24) is 10.2 Å². The molecule has 1 heterocycles. The van der Waals surface area contributed by atoms with E-state index in [9.17, 15) is 4.79 Å². The first kappa shape index (κ1) is 13.1. The third kappa shape index (κ3) is 2.89. The van der Waals surface area contributed by atoms with Crippen LogP contribution in [-0.2, 0) is 11.3 Å². The first-order chi connectivity index (χ1) is 8.62. The van der Waals surface area contributed by atoms with Crippen LogP contribution in [0.3, 0.4) is 0 Å². The smallest absolute Gasteiger partial charge is 0.240 e. The van der Waals surface area contributed by atoms with Gasteiger partial charge in [-0.3, -0.25) is 9.69 Å². The number of benzene rings is 1. The van der Waals surface area contributed by atoms with Crippen LogP contribution >= 0.6 is 0 Å². The van der Waals surface area contributed by atoms with Gasteiger partial charge in [-0.1, -0.05) is 30.3 Å². The summed E-state index contributed by atoms with van der Waals surface area (Å²) in [6.45, 7) is 2.17. The molecule has 0 aliphatic carbocycles. The fraction of sp³-hybridized carbons (Fsp3) is 0.500. The minimum Gasteiger partial charge on any atom is -0.368 e. The topological polar surface area (TPSA) is 60.4 Å². The van der Waals surface area contributed by atoms with Gasteiger partial charge in [0.05, 0.1) is 0 Å². The van der Waals surface area contributed by atoms with E-state index in [2.05, 4.69) is 22.3 Å². The van der Waals surface area contributed by atoms with Crippen molar-refractivity contribution in [1.29, 1.82) is 0 Å². The molecule has 1 saturated heterocycles. The largest absolute Gasteiger partial charge is 0.368 e. The van der Waals surface area contributed by atoms with Crippen LogP contribution < -0.4 is 11.1 Å². The Labute approximate surface area is 108 Å². The lowest BCUT2D eigenvalue weighted by molar-refractivity contribution is -0.124. The van der Waals surface area contributed by atoms with E-state index in [1.807, 2.05) is 25.2 Å². The number of rotatable bonds is 5. The van der Waals surface area contributed by atoms with E-state index in [0.29, 0.717) is 6.54 Å². The summed E-state index contributed by atoms with van der Waals surface area (Å²) in [4.78, 5) is 13.7. The molecule has 4 heteroatoms. The molecule has 1 aliphatic rings. The van der Waals surface area contributed by atoms with E-state index in [1.165, 1.54) is 5.56 Å². The Morgan fingerprint density at radius 2 is 2.17 bits per heavy atom. The SMILES string of the molecule is CN(Cc1ccccc1)C[C@]1(C(N)=O)CCC[N]1. The van der Waals surface area contributed by atoms with Gasteiger partial charge in [0.2, 0.25) is 5.91 Å². The standard InChI is InChI=1S/C14H20N3O/c1-17(10-12-6-3-2-4-7-12)11-14(13(15)18)8-5-9-16-14/h2-4,6-7H,5,8-11H2,1H3,(H2,15,18)/t14-/m0/s1. The van der Waals surface area contributed by atoms with Gasteiger partial charge in [0.1, 0.15) is 5.54 Å². The van der Waals surface area contributed by atoms with Crippen molar-refractivity contribution in [2.45, 2.75) is 24.9 Å². The highest BCUT2D eigenvalue weighted by Gasteiger charge is 2.41. The number of carbonyl (C=O) groups excluding carboxylic acids is 1. The number of likely N-dealkylation sites (N-methyl/N-ethyl adjacent to an activating group) is 1. The van der Waals surface area contributed by atoms with Crippen LogP contribution in [0.5, 0.6) is 0 Å². The summed E-state index contributed by atoms with van der Waals surface area (Å²) in [6.07, 6.45) is 1.74. The molecule has 2 N–H and O–H groups in total. The summed E-state index contributed by atoms with van der Waals surface area (Å²) < 4.78 is 0. The number of nitrogens with zero attached hydrogens (tertiary/aromatic N) is 2. The molecule has 0 bridgehead atoms. The highest BCUT2D eigenvalue weighted by Crippen LogP contribution is 2.22. The fourth-order valence-corrected chi connectivity index (χ4v) is 2.55. The van der Waals surface area contributed by atoms with Gasteiger partial charge < -0.3 is 5.73 Å². The van der Waals surface area contributed by atoms with E-state index >= 15 is 0 Å². The van der Waals surface area contributed by atoms with Gasteiger partial charge in [-0.15, -0.1) is 0 Å². The van der Waals surface area contributed by atoms with Gasteiger partial charge >= 0.3 is 0 Å². The molecular weight excluding hydrogens is 226 g/mol. The zero-order valence-corrected chi connectivity index (χ0v) is 10.8. The quantitative estimate of drug-likeness (QED) is 0.833. The van der Waals surface area contributed by atoms with E-state index in [4.69, 9.17) is 5.73 Å². The van der Waals surface area contributed by atoms with Crippen LogP contribution in [0.15, 0.2) is 30.3 Å².